The Labute approximate surface area is 77.7 Å². The van der Waals surface area contributed by atoms with Gasteiger partial charge in [0.1, 0.15) is 0 Å². The molecule has 3 heteroatoms. The first-order valence-electron chi connectivity index (χ1n) is 5.24. The average molecular weight is 181 g/mol. The SMILES string of the molecule is O=C(C1C2CCCC21)N1CC(O)C1. The first-order valence-corrected chi connectivity index (χ1v) is 5.24. The zero-order valence-corrected chi connectivity index (χ0v) is 7.65. The Morgan fingerprint density at radius 1 is 1.23 bits per heavy atom. The molecule has 2 unspecified atom stereocenters. The fourth-order valence-corrected chi connectivity index (χ4v) is 3.03. The van der Waals surface area contributed by atoms with Crippen LogP contribution < -0.4 is 0 Å². The van der Waals surface area contributed by atoms with E-state index in [1.165, 1.54) is 19.3 Å². The van der Waals surface area contributed by atoms with Crippen LogP contribution in [0.15, 0.2) is 0 Å². The maximum atomic E-state index is 11.8. The van der Waals surface area contributed by atoms with Crippen LogP contribution in [0.2, 0.25) is 0 Å². The zero-order valence-electron chi connectivity index (χ0n) is 7.65. The van der Waals surface area contributed by atoms with Crippen LogP contribution >= 0.6 is 0 Å². The highest BCUT2D eigenvalue weighted by Crippen LogP contribution is 2.58. The molecule has 1 N–H and O–H groups in total. The molecule has 3 nitrogen and oxygen atoms in total. The summed E-state index contributed by atoms with van der Waals surface area (Å²) in [7, 11) is 0. The molecule has 1 heterocycles. The third kappa shape index (κ3) is 1.03. The van der Waals surface area contributed by atoms with Crippen LogP contribution in [-0.4, -0.2) is 35.1 Å². The number of hydrogen-bond donors (Lipinski definition) is 1. The van der Waals surface area contributed by atoms with Gasteiger partial charge in [-0.25, -0.2) is 0 Å². The molecule has 0 radical (unpaired) electrons. The molecule has 2 aliphatic carbocycles. The predicted octanol–water partition coefficient (Wildman–Crippen LogP) is 0.236. The second-order valence-corrected chi connectivity index (χ2v) is 4.68. The normalized spacial score (nSPS) is 42.8. The zero-order chi connectivity index (χ0) is 9.00. The summed E-state index contributed by atoms with van der Waals surface area (Å²) < 4.78 is 0. The van der Waals surface area contributed by atoms with Crippen molar-refractivity contribution in [2.45, 2.75) is 25.4 Å². The molecule has 0 aromatic rings. The highest BCUT2D eigenvalue weighted by Gasteiger charge is 2.58. The summed E-state index contributed by atoms with van der Waals surface area (Å²) in [6.07, 6.45) is 3.60. The number of aliphatic hydroxyl groups excluding tert-OH is 1. The van der Waals surface area contributed by atoms with E-state index in [0.29, 0.717) is 36.8 Å². The molecule has 3 aliphatic rings. The summed E-state index contributed by atoms with van der Waals surface area (Å²) in [4.78, 5) is 13.6. The molecule has 2 atom stereocenters. The summed E-state index contributed by atoms with van der Waals surface area (Å²) in [5, 5.41) is 9.08. The molecular formula is C10H15NO2. The van der Waals surface area contributed by atoms with Crippen LogP contribution in [0.25, 0.3) is 0 Å². The van der Waals surface area contributed by atoms with Crippen molar-refractivity contribution in [3.63, 3.8) is 0 Å². The highest BCUT2D eigenvalue weighted by molar-refractivity contribution is 5.83. The Kier molecular flexibility index (Phi) is 1.48. The molecule has 1 saturated heterocycles. The largest absolute Gasteiger partial charge is 0.389 e. The fourth-order valence-electron chi connectivity index (χ4n) is 3.03. The van der Waals surface area contributed by atoms with Crippen LogP contribution in [0.3, 0.4) is 0 Å². The van der Waals surface area contributed by atoms with Crippen molar-refractivity contribution in [1.29, 1.82) is 0 Å². The summed E-state index contributed by atoms with van der Waals surface area (Å²) in [5.74, 6) is 2.09. The number of amides is 1. The molecule has 13 heavy (non-hydrogen) atoms. The molecule has 0 bridgehead atoms. The molecule has 1 aliphatic heterocycles. The Balaban J connectivity index is 1.59. The van der Waals surface area contributed by atoms with Gasteiger partial charge in [0.2, 0.25) is 5.91 Å². The number of aliphatic hydroxyl groups is 1. The van der Waals surface area contributed by atoms with E-state index in [1.807, 2.05) is 4.90 Å². The number of fused-ring (bicyclic) bond motifs is 1. The van der Waals surface area contributed by atoms with Gasteiger partial charge in [0.15, 0.2) is 0 Å². The van der Waals surface area contributed by atoms with Crippen molar-refractivity contribution < 1.29 is 9.90 Å². The molecule has 2 saturated carbocycles. The van der Waals surface area contributed by atoms with E-state index >= 15 is 0 Å². The molecule has 1 amide bonds. The van der Waals surface area contributed by atoms with Crippen LogP contribution in [0, 0.1) is 17.8 Å². The molecule has 0 aromatic heterocycles. The fraction of sp³-hybridized carbons (Fsp3) is 0.900. The average Bonchev–Trinajstić information content (AvgIpc) is 2.53. The van der Waals surface area contributed by atoms with Gasteiger partial charge in [0.25, 0.3) is 0 Å². The van der Waals surface area contributed by atoms with Gasteiger partial charge in [0, 0.05) is 19.0 Å². The van der Waals surface area contributed by atoms with Crippen molar-refractivity contribution in [1.82, 2.24) is 4.90 Å². The number of carbonyl (C=O) groups is 1. The Morgan fingerprint density at radius 3 is 2.38 bits per heavy atom. The Morgan fingerprint density at radius 2 is 1.85 bits per heavy atom. The maximum absolute atomic E-state index is 11.8. The highest BCUT2D eigenvalue weighted by atomic mass is 16.3. The van der Waals surface area contributed by atoms with Gasteiger partial charge < -0.3 is 10.0 Å². The van der Waals surface area contributed by atoms with Crippen LogP contribution in [-0.2, 0) is 4.79 Å². The lowest BCUT2D eigenvalue weighted by Crippen LogP contribution is -2.54. The number of hydrogen-bond acceptors (Lipinski definition) is 2. The lowest BCUT2D eigenvalue weighted by atomic mass is 10.1. The van der Waals surface area contributed by atoms with E-state index in [1.54, 1.807) is 0 Å². The number of nitrogens with zero attached hydrogens (tertiary/aromatic N) is 1. The van der Waals surface area contributed by atoms with Crippen molar-refractivity contribution in [2.24, 2.45) is 17.8 Å². The number of rotatable bonds is 1. The maximum Gasteiger partial charge on any atom is 0.226 e. The summed E-state index contributed by atoms with van der Waals surface area (Å²) >= 11 is 0. The van der Waals surface area contributed by atoms with Gasteiger partial charge in [-0.3, -0.25) is 4.79 Å². The van der Waals surface area contributed by atoms with Gasteiger partial charge in [-0.15, -0.1) is 0 Å². The Bertz CT molecular complexity index is 237. The third-order valence-corrected chi connectivity index (χ3v) is 3.87. The molecule has 72 valence electrons. The molecule has 3 rings (SSSR count). The minimum absolute atomic E-state index is 0.248. The van der Waals surface area contributed by atoms with Crippen molar-refractivity contribution in [3.05, 3.63) is 0 Å². The number of carbonyl (C=O) groups excluding carboxylic acids is 1. The molecular weight excluding hydrogens is 166 g/mol. The van der Waals surface area contributed by atoms with E-state index in [4.69, 9.17) is 5.11 Å². The number of likely N-dealkylation sites (tertiary alicyclic amines) is 1. The van der Waals surface area contributed by atoms with Crippen molar-refractivity contribution in [3.8, 4) is 0 Å². The van der Waals surface area contributed by atoms with Crippen molar-refractivity contribution in [2.75, 3.05) is 13.1 Å². The van der Waals surface area contributed by atoms with Crippen LogP contribution in [0.1, 0.15) is 19.3 Å². The second-order valence-electron chi connectivity index (χ2n) is 4.68. The third-order valence-electron chi connectivity index (χ3n) is 3.87. The van der Waals surface area contributed by atoms with E-state index in [2.05, 4.69) is 0 Å². The minimum atomic E-state index is -0.248. The van der Waals surface area contributed by atoms with Crippen molar-refractivity contribution >= 4 is 5.91 Å². The van der Waals surface area contributed by atoms with E-state index < -0.39 is 0 Å². The monoisotopic (exact) mass is 181 g/mol. The van der Waals surface area contributed by atoms with Gasteiger partial charge in [-0.05, 0) is 24.7 Å². The summed E-state index contributed by atoms with van der Waals surface area (Å²) in [6, 6.07) is 0. The van der Waals surface area contributed by atoms with Gasteiger partial charge >= 0.3 is 0 Å². The minimum Gasteiger partial charge on any atom is -0.389 e. The van der Waals surface area contributed by atoms with Gasteiger partial charge in [0.05, 0.1) is 6.10 Å². The number of β-amino-alcohol motifs (C(OH)–C–C–N with tert-alkyl or cyclic N) is 1. The van der Waals surface area contributed by atoms with E-state index in [-0.39, 0.29) is 6.10 Å². The quantitative estimate of drug-likeness (QED) is 0.629. The smallest absolute Gasteiger partial charge is 0.226 e. The topological polar surface area (TPSA) is 40.5 Å². The Hall–Kier alpha value is -0.570. The lowest BCUT2D eigenvalue weighted by Gasteiger charge is -2.36. The van der Waals surface area contributed by atoms with Crippen LogP contribution in [0.4, 0.5) is 0 Å². The lowest BCUT2D eigenvalue weighted by molar-refractivity contribution is -0.143. The predicted molar refractivity (Wildman–Crippen MR) is 46.9 cm³/mol. The summed E-state index contributed by atoms with van der Waals surface area (Å²) in [6.45, 7) is 1.16. The van der Waals surface area contributed by atoms with Gasteiger partial charge in [-0.2, -0.15) is 0 Å². The standard InChI is InChI=1S/C10H15NO2/c12-6-4-11(5-6)10(13)9-7-2-1-3-8(7)9/h6-9,12H,1-5H2. The first-order chi connectivity index (χ1) is 6.27. The molecule has 3 fully saturated rings. The van der Waals surface area contributed by atoms with Crippen LogP contribution in [0.5, 0.6) is 0 Å². The van der Waals surface area contributed by atoms with Gasteiger partial charge in [-0.1, -0.05) is 6.42 Å². The second kappa shape index (κ2) is 2.47. The molecule has 0 aromatic carbocycles. The molecule has 0 spiro atoms. The summed E-state index contributed by atoms with van der Waals surface area (Å²) in [5.41, 5.74) is 0. The first kappa shape index (κ1) is 7.80. The van der Waals surface area contributed by atoms with E-state index in [0.717, 1.165) is 0 Å². The van der Waals surface area contributed by atoms with E-state index in [9.17, 15) is 4.79 Å².